The lowest BCUT2D eigenvalue weighted by Crippen LogP contribution is -2.37. The molecular weight excluding hydrogens is 370 g/mol. The number of carbonyl (C=O) groups is 1. The Kier molecular flexibility index (Phi) is 5.96. The van der Waals surface area contributed by atoms with Crippen LogP contribution in [0.3, 0.4) is 0 Å². The molecule has 0 bridgehead atoms. The van der Waals surface area contributed by atoms with Crippen molar-refractivity contribution in [1.29, 1.82) is 5.26 Å². The number of ether oxygens (including phenoxy) is 1. The molecule has 150 valence electrons. The van der Waals surface area contributed by atoms with Gasteiger partial charge in [-0.2, -0.15) is 5.26 Å². The third-order valence-corrected chi connectivity index (χ3v) is 5.57. The van der Waals surface area contributed by atoms with Crippen molar-refractivity contribution in [1.82, 2.24) is 20.0 Å². The van der Waals surface area contributed by atoms with Crippen molar-refractivity contribution < 1.29 is 14.4 Å². The molecule has 1 aliphatic carbocycles. The molecule has 2 aliphatic rings. The van der Waals surface area contributed by atoms with Gasteiger partial charge in [0.1, 0.15) is 12.1 Å². The van der Waals surface area contributed by atoms with Crippen LogP contribution in [0.1, 0.15) is 49.4 Å². The van der Waals surface area contributed by atoms with E-state index in [0.29, 0.717) is 30.6 Å². The van der Waals surface area contributed by atoms with Gasteiger partial charge in [-0.3, -0.25) is 19.6 Å². The highest BCUT2D eigenvalue weighted by atomic mass is 16.7. The Morgan fingerprint density at radius 2 is 2.03 bits per heavy atom. The van der Waals surface area contributed by atoms with E-state index < -0.39 is 0 Å². The zero-order valence-corrected chi connectivity index (χ0v) is 16.1. The Balaban J connectivity index is 1.27. The predicted octanol–water partition coefficient (Wildman–Crippen LogP) is 2.83. The second-order valence-corrected chi connectivity index (χ2v) is 7.46. The van der Waals surface area contributed by atoms with Gasteiger partial charge in [0.05, 0.1) is 30.7 Å². The molecule has 0 N–H and O–H groups in total. The molecule has 2 aromatic rings. The quantitative estimate of drug-likeness (QED) is 0.770. The van der Waals surface area contributed by atoms with E-state index in [1.165, 1.54) is 11.3 Å². The molecule has 8 nitrogen and oxygen atoms in total. The summed E-state index contributed by atoms with van der Waals surface area (Å²) in [6.45, 7) is 1.09. The summed E-state index contributed by atoms with van der Waals surface area (Å²) in [6.07, 6.45) is 10.7. The maximum Gasteiger partial charge on any atom is 0.249 e. The Labute approximate surface area is 169 Å². The molecule has 1 amide bonds. The van der Waals surface area contributed by atoms with Gasteiger partial charge in [-0.15, -0.1) is 0 Å². The van der Waals surface area contributed by atoms with Crippen molar-refractivity contribution in [2.24, 2.45) is 11.8 Å². The van der Waals surface area contributed by atoms with Gasteiger partial charge in [0.15, 0.2) is 0 Å². The molecule has 3 heterocycles. The fraction of sp³-hybridized carbons (Fsp3) is 0.476. The summed E-state index contributed by atoms with van der Waals surface area (Å²) in [5.74, 6) is 0.939. The van der Waals surface area contributed by atoms with Crippen molar-refractivity contribution in [2.75, 3.05) is 13.2 Å². The molecule has 1 saturated carbocycles. The van der Waals surface area contributed by atoms with E-state index in [-0.39, 0.29) is 17.9 Å². The second-order valence-electron chi connectivity index (χ2n) is 7.46. The number of rotatable bonds is 5. The van der Waals surface area contributed by atoms with Gasteiger partial charge in [0.2, 0.25) is 11.8 Å². The van der Waals surface area contributed by atoms with E-state index in [9.17, 15) is 4.79 Å². The number of pyridine rings is 1. The van der Waals surface area contributed by atoms with E-state index in [1.807, 2.05) is 6.07 Å². The van der Waals surface area contributed by atoms with Crippen LogP contribution < -0.4 is 4.74 Å². The third kappa shape index (κ3) is 4.51. The predicted molar refractivity (Wildman–Crippen MR) is 102 cm³/mol. The molecule has 0 aromatic carbocycles. The first kappa shape index (κ1) is 19.3. The molecule has 29 heavy (non-hydrogen) atoms. The summed E-state index contributed by atoms with van der Waals surface area (Å²) in [6, 6.07) is 5.30. The Bertz CT molecular complexity index is 860. The van der Waals surface area contributed by atoms with Gasteiger partial charge in [-0.05, 0) is 37.7 Å². The molecule has 2 aromatic heterocycles. The van der Waals surface area contributed by atoms with Crippen molar-refractivity contribution in [3.63, 3.8) is 0 Å². The summed E-state index contributed by atoms with van der Waals surface area (Å²) < 4.78 is 5.76. The maximum atomic E-state index is 13.0. The van der Waals surface area contributed by atoms with Gasteiger partial charge in [0, 0.05) is 37.0 Å². The molecule has 4 rings (SSSR count). The van der Waals surface area contributed by atoms with Gasteiger partial charge in [-0.1, -0.05) is 0 Å². The van der Waals surface area contributed by atoms with Crippen LogP contribution in [0.25, 0.3) is 0 Å². The number of aromatic nitrogens is 3. The number of nitriles is 1. The number of hydrogen-bond acceptors (Lipinski definition) is 7. The van der Waals surface area contributed by atoms with Crippen molar-refractivity contribution in [3.05, 3.63) is 48.2 Å². The largest absolute Gasteiger partial charge is 0.477 e. The van der Waals surface area contributed by atoms with Crippen LogP contribution >= 0.6 is 0 Å². The molecule has 0 radical (unpaired) electrons. The highest BCUT2D eigenvalue weighted by molar-refractivity contribution is 5.78. The Hall–Kier alpha value is -3.05. The minimum absolute atomic E-state index is 0.0310. The second kappa shape index (κ2) is 8.97. The number of hydroxylamine groups is 2. The van der Waals surface area contributed by atoms with E-state index >= 15 is 0 Å². The van der Waals surface area contributed by atoms with Gasteiger partial charge in [-0.25, -0.2) is 10.0 Å². The average Bonchev–Trinajstić information content (AvgIpc) is 3.28. The number of amides is 1. The third-order valence-electron chi connectivity index (χ3n) is 5.57. The minimum atomic E-state index is -0.153. The standard InChI is InChI=1S/C21H23N5O3/c22-11-16-3-6-20(25-12-16)28-14-15-1-4-17(5-2-15)21(27)26-19(7-10-29-26)18-13-23-8-9-24-18/h3,6,8-9,12-13,15,17,19H,1-2,4-5,7,10,14H2/t15?,17?,19-/m0/s1. The number of carbonyl (C=O) groups excluding carboxylic acids is 1. The average molecular weight is 393 g/mol. The van der Waals surface area contributed by atoms with Gasteiger partial charge >= 0.3 is 0 Å². The lowest BCUT2D eigenvalue weighted by molar-refractivity contribution is -0.183. The maximum absolute atomic E-state index is 13.0. The van der Waals surface area contributed by atoms with Crippen molar-refractivity contribution in [3.8, 4) is 11.9 Å². The zero-order valence-electron chi connectivity index (χ0n) is 16.1. The molecule has 0 spiro atoms. The smallest absolute Gasteiger partial charge is 0.249 e. The van der Waals surface area contributed by atoms with Crippen molar-refractivity contribution in [2.45, 2.75) is 38.1 Å². The van der Waals surface area contributed by atoms with E-state index in [1.54, 1.807) is 30.7 Å². The minimum Gasteiger partial charge on any atom is -0.477 e. The molecule has 1 atom stereocenters. The Morgan fingerprint density at radius 3 is 2.72 bits per heavy atom. The van der Waals surface area contributed by atoms with Crippen LogP contribution in [0, 0.1) is 23.2 Å². The monoisotopic (exact) mass is 393 g/mol. The highest BCUT2D eigenvalue weighted by Crippen LogP contribution is 2.35. The first-order valence-corrected chi connectivity index (χ1v) is 9.95. The summed E-state index contributed by atoms with van der Waals surface area (Å²) in [5.41, 5.74) is 1.29. The van der Waals surface area contributed by atoms with E-state index in [0.717, 1.165) is 37.8 Å². The summed E-state index contributed by atoms with van der Waals surface area (Å²) in [4.78, 5) is 31.2. The SMILES string of the molecule is N#Cc1ccc(OCC2CCC(C(=O)N3OCC[C@H]3c3cnccn3)CC2)nc1. The normalized spacial score (nSPS) is 24.1. The van der Waals surface area contributed by atoms with Crippen LogP contribution in [-0.2, 0) is 9.63 Å². The van der Waals surface area contributed by atoms with E-state index in [2.05, 4.69) is 15.0 Å². The first-order chi connectivity index (χ1) is 14.2. The van der Waals surface area contributed by atoms with Crippen LogP contribution in [0.15, 0.2) is 36.9 Å². The van der Waals surface area contributed by atoms with Gasteiger partial charge in [0.25, 0.3) is 0 Å². The fourth-order valence-corrected chi connectivity index (χ4v) is 3.93. The van der Waals surface area contributed by atoms with Crippen LogP contribution in [0.2, 0.25) is 0 Å². The lowest BCUT2D eigenvalue weighted by atomic mass is 9.81. The van der Waals surface area contributed by atoms with Crippen LogP contribution in [0.4, 0.5) is 0 Å². The molecule has 2 fully saturated rings. The first-order valence-electron chi connectivity index (χ1n) is 9.95. The summed E-state index contributed by atoms with van der Waals surface area (Å²) >= 11 is 0. The Morgan fingerprint density at radius 1 is 1.17 bits per heavy atom. The molecule has 1 saturated heterocycles. The fourth-order valence-electron chi connectivity index (χ4n) is 3.93. The van der Waals surface area contributed by atoms with Crippen LogP contribution in [-0.4, -0.2) is 39.1 Å². The van der Waals surface area contributed by atoms with Crippen molar-refractivity contribution >= 4 is 5.91 Å². The lowest BCUT2D eigenvalue weighted by Gasteiger charge is -2.31. The van der Waals surface area contributed by atoms with Gasteiger partial charge < -0.3 is 4.74 Å². The zero-order chi connectivity index (χ0) is 20.1. The number of nitrogens with zero attached hydrogens (tertiary/aromatic N) is 5. The molecule has 0 unspecified atom stereocenters. The van der Waals surface area contributed by atoms with E-state index in [4.69, 9.17) is 14.8 Å². The number of hydrogen-bond donors (Lipinski definition) is 0. The molecule has 8 heteroatoms. The summed E-state index contributed by atoms with van der Waals surface area (Å²) in [5, 5.41) is 10.3. The summed E-state index contributed by atoms with van der Waals surface area (Å²) in [7, 11) is 0. The topological polar surface area (TPSA) is 101 Å². The molecular formula is C21H23N5O3. The van der Waals surface area contributed by atoms with Crippen LogP contribution in [0.5, 0.6) is 5.88 Å². The highest BCUT2D eigenvalue weighted by Gasteiger charge is 2.38. The molecule has 1 aliphatic heterocycles.